The SMILES string of the molecule is COC(=O)[C@H](CO)NS(=O)(=O)c1cccc(C(=O)NCC(F)(F)F)c1. The van der Waals surface area contributed by atoms with Gasteiger partial charge in [0, 0.05) is 5.56 Å². The number of alkyl halides is 3. The molecule has 1 rings (SSSR count). The molecular weight excluding hydrogens is 369 g/mol. The summed E-state index contributed by atoms with van der Waals surface area (Å²) in [4.78, 5) is 22.5. The second kappa shape index (κ2) is 8.27. The number of nitrogens with one attached hydrogen (secondary N) is 2. The van der Waals surface area contributed by atoms with E-state index in [1.54, 1.807) is 5.32 Å². The lowest BCUT2D eigenvalue weighted by molar-refractivity contribution is -0.143. The van der Waals surface area contributed by atoms with Gasteiger partial charge in [0.15, 0.2) is 0 Å². The number of esters is 1. The lowest BCUT2D eigenvalue weighted by atomic mass is 10.2. The Morgan fingerprint density at radius 1 is 1.32 bits per heavy atom. The molecule has 1 aromatic carbocycles. The maximum atomic E-state index is 12.2. The summed E-state index contributed by atoms with van der Waals surface area (Å²) in [6.45, 7) is -2.45. The van der Waals surface area contributed by atoms with Gasteiger partial charge in [0.05, 0.1) is 18.6 Å². The first-order valence-electron chi connectivity index (χ1n) is 6.66. The van der Waals surface area contributed by atoms with E-state index >= 15 is 0 Å². The summed E-state index contributed by atoms with van der Waals surface area (Å²) in [5, 5.41) is 10.6. The second-order valence-corrected chi connectivity index (χ2v) is 6.42. The maximum absolute atomic E-state index is 12.2. The van der Waals surface area contributed by atoms with Crippen molar-refractivity contribution in [3.63, 3.8) is 0 Å². The van der Waals surface area contributed by atoms with E-state index in [0.29, 0.717) is 0 Å². The Bertz CT molecular complexity index is 736. The first-order chi connectivity index (χ1) is 11.5. The predicted molar refractivity (Wildman–Crippen MR) is 78.0 cm³/mol. The number of carbonyl (C=O) groups excluding carboxylic acids is 2. The minimum absolute atomic E-state index is 0.328. The topological polar surface area (TPSA) is 122 Å². The molecule has 8 nitrogen and oxygen atoms in total. The summed E-state index contributed by atoms with van der Waals surface area (Å²) >= 11 is 0. The number of hydrogen-bond acceptors (Lipinski definition) is 6. The van der Waals surface area contributed by atoms with E-state index < -0.39 is 52.2 Å². The van der Waals surface area contributed by atoms with Crippen LogP contribution in [-0.4, -0.2) is 57.9 Å². The van der Waals surface area contributed by atoms with Crippen LogP contribution < -0.4 is 10.0 Å². The summed E-state index contributed by atoms with van der Waals surface area (Å²) in [6, 6.07) is 2.59. The van der Waals surface area contributed by atoms with Crippen LogP contribution in [-0.2, 0) is 19.6 Å². The molecule has 0 aliphatic rings. The van der Waals surface area contributed by atoms with Gasteiger partial charge in [0.1, 0.15) is 12.6 Å². The Kier molecular flexibility index (Phi) is 6.90. The lowest BCUT2D eigenvalue weighted by Gasteiger charge is -2.14. The molecule has 1 atom stereocenters. The summed E-state index contributed by atoms with van der Waals surface area (Å²) in [5.74, 6) is -2.16. The number of aliphatic hydroxyl groups excluding tert-OH is 1. The Morgan fingerprint density at radius 2 is 1.96 bits per heavy atom. The van der Waals surface area contributed by atoms with Crippen molar-refractivity contribution in [2.24, 2.45) is 0 Å². The molecule has 0 saturated heterocycles. The van der Waals surface area contributed by atoms with Crippen molar-refractivity contribution >= 4 is 21.9 Å². The van der Waals surface area contributed by atoms with Gasteiger partial charge < -0.3 is 15.2 Å². The van der Waals surface area contributed by atoms with Crippen LogP contribution >= 0.6 is 0 Å². The van der Waals surface area contributed by atoms with Crippen molar-refractivity contribution in [3.8, 4) is 0 Å². The molecule has 140 valence electrons. The van der Waals surface area contributed by atoms with E-state index in [1.165, 1.54) is 0 Å². The third kappa shape index (κ3) is 6.32. The number of rotatable bonds is 7. The Hall–Kier alpha value is -2.18. The molecular formula is C13H15F3N2O6S. The third-order valence-corrected chi connectivity index (χ3v) is 4.29. The fraction of sp³-hybridized carbons (Fsp3) is 0.385. The number of hydrogen-bond donors (Lipinski definition) is 3. The van der Waals surface area contributed by atoms with Gasteiger partial charge in [0.2, 0.25) is 10.0 Å². The number of methoxy groups -OCH3 is 1. The normalized spacial score (nSPS) is 13.2. The van der Waals surface area contributed by atoms with Crippen LogP contribution in [0.2, 0.25) is 0 Å². The van der Waals surface area contributed by atoms with Gasteiger partial charge in [-0.05, 0) is 18.2 Å². The minimum atomic E-state index is -4.62. The average Bonchev–Trinajstić information content (AvgIpc) is 2.56. The molecule has 0 radical (unpaired) electrons. The highest BCUT2D eigenvalue weighted by atomic mass is 32.2. The van der Waals surface area contributed by atoms with E-state index in [4.69, 9.17) is 5.11 Å². The van der Waals surface area contributed by atoms with E-state index in [2.05, 4.69) is 4.74 Å². The van der Waals surface area contributed by atoms with Crippen molar-refractivity contribution in [2.75, 3.05) is 20.3 Å². The van der Waals surface area contributed by atoms with Crippen molar-refractivity contribution in [1.29, 1.82) is 0 Å². The van der Waals surface area contributed by atoms with Crippen molar-refractivity contribution in [3.05, 3.63) is 29.8 Å². The highest BCUT2D eigenvalue weighted by molar-refractivity contribution is 7.89. The zero-order valence-corrected chi connectivity index (χ0v) is 13.6. The number of carbonyl (C=O) groups is 2. The number of halogens is 3. The first kappa shape index (κ1) is 20.9. The van der Waals surface area contributed by atoms with Crippen LogP contribution in [0.4, 0.5) is 13.2 Å². The van der Waals surface area contributed by atoms with Crippen LogP contribution in [0.1, 0.15) is 10.4 Å². The standard InChI is InChI=1S/C13H15F3N2O6S/c1-24-12(21)10(6-19)18-25(22,23)9-4-2-3-8(5-9)11(20)17-7-13(14,15)16/h2-5,10,18-19H,6-7H2,1H3,(H,17,20)/t10-/m0/s1. The number of sulfonamides is 1. The smallest absolute Gasteiger partial charge is 0.405 e. The molecule has 0 aliphatic carbocycles. The maximum Gasteiger partial charge on any atom is 0.405 e. The van der Waals surface area contributed by atoms with Gasteiger partial charge in [0.25, 0.3) is 5.91 Å². The van der Waals surface area contributed by atoms with Crippen LogP contribution in [0.3, 0.4) is 0 Å². The fourth-order valence-electron chi connectivity index (χ4n) is 1.64. The fourth-order valence-corrected chi connectivity index (χ4v) is 2.87. The Morgan fingerprint density at radius 3 is 2.48 bits per heavy atom. The average molecular weight is 384 g/mol. The van der Waals surface area contributed by atoms with Crippen LogP contribution in [0.25, 0.3) is 0 Å². The van der Waals surface area contributed by atoms with Crippen molar-refractivity contribution in [2.45, 2.75) is 17.1 Å². The largest absolute Gasteiger partial charge is 0.468 e. The molecule has 0 bridgehead atoms. The van der Waals surface area contributed by atoms with Crippen molar-refractivity contribution in [1.82, 2.24) is 10.0 Å². The van der Waals surface area contributed by atoms with Gasteiger partial charge in [-0.2, -0.15) is 17.9 Å². The van der Waals surface area contributed by atoms with Crippen LogP contribution in [0.15, 0.2) is 29.2 Å². The molecule has 1 aromatic rings. The first-order valence-corrected chi connectivity index (χ1v) is 8.14. The molecule has 12 heteroatoms. The molecule has 0 heterocycles. The molecule has 3 N–H and O–H groups in total. The quantitative estimate of drug-likeness (QED) is 0.560. The minimum Gasteiger partial charge on any atom is -0.468 e. The van der Waals surface area contributed by atoms with E-state index in [-0.39, 0.29) is 5.56 Å². The number of amides is 1. The Balaban J connectivity index is 2.99. The summed E-state index contributed by atoms with van der Waals surface area (Å²) in [5.41, 5.74) is -0.328. The monoisotopic (exact) mass is 384 g/mol. The highest BCUT2D eigenvalue weighted by Crippen LogP contribution is 2.15. The zero-order valence-electron chi connectivity index (χ0n) is 12.8. The van der Waals surface area contributed by atoms with Gasteiger partial charge in [-0.3, -0.25) is 9.59 Å². The van der Waals surface area contributed by atoms with E-state index in [9.17, 15) is 31.2 Å². The van der Waals surface area contributed by atoms with Gasteiger partial charge >= 0.3 is 12.1 Å². The van der Waals surface area contributed by atoms with Gasteiger partial charge in [-0.25, -0.2) is 8.42 Å². The lowest BCUT2D eigenvalue weighted by Crippen LogP contribution is -2.44. The Labute approximate surface area is 141 Å². The van der Waals surface area contributed by atoms with Gasteiger partial charge in [-0.1, -0.05) is 6.07 Å². The molecule has 0 unspecified atom stereocenters. The molecule has 25 heavy (non-hydrogen) atoms. The molecule has 0 aromatic heterocycles. The molecule has 1 amide bonds. The van der Waals surface area contributed by atoms with E-state index in [0.717, 1.165) is 31.4 Å². The van der Waals surface area contributed by atoms with Gasteiger partial charge in [-0.15, -0.1) is 0 Å². The second-order valence-electron chi connectivity index (χ2n) is 4.71. The number of benzene rings is 1. The molecule has 0 fully saturated rings. The third-order valence-electron chi connectivity index (χ3n) is 2.82. The zero-order chi connectivity index (χ0) is 19.3. The highest BCUT2D eigenvalue weighted by Gasteiger charge is 2.29. The summed E-state index contributed by atoms with van der Waals surface area (Å²) < 4.78 is 66.8. The van der Waals surface area contributed by atoms with Crippen molar-refractivity contribution < 1.29 is 41.0 Å². The van der Waals surface area contributed by atoms with Crippen LogP contribution in [0.5, 0.6) is 0 Å². The summed E-state index contributed by atoms with van der Waals surface area (Å²) in [6.07, 6.45) is -4.62. The molecule has 0 aliphatic heterocycles. The number of ether oxygens (including phenoxy) is 1. The molecule has 0 saturated carbocycles. The molecule has 0 spiro atoms. The van der Waals surface area contributed by atoms with E-state index in [1.807, 2.05) is 4.72 Å². The summed E-state index contributed by atoms with van der Waals surface area (Å²) in [7, 11) is -3.35. The number of aliphatic hydroxyl groups is 1. The van der Waals surface area contributed by atoms with Crippen LogP contribution in [0, 0.1) is 0 Å². The predicted octanol–water partition coefficient (Wildman–Crippen LogP) is -0.209.